The van der Waals surface area contributed by atoms with Crippen molar-refractivity contribution in [3.8, 4) is 0 Å². The van der Waals surface area contributed by atoms with E-state index in [-0.39, 0.29) is 0 Å². The van der Waals surface area contributed by atoms with E-state index in [2.05, 4.69) is 56.3 Å². The number of fused-ring (bicyclic) bond motifs is 1. The zero-order valence-corrected chi connectivity index (χ0v) is 18.0. The minimum absolute atomic E-state index is 0.750. The number of benzene rings is 1. The summed E-state index contributed by atoms with van der Waals surface area (Å²) in [6, 6.07) is 8.48. The summed E-state index contributed by atoms with van der Waals surface area (Å²) in [5.41, 5.74) is 1.13. The Balaban J connectivity index is 2.01. The predicted molar refractivity (Wildman–Crippen MR) is 114 cm³/mol. The van der Waals surface area contributed by atoms with E-state index < -0.39 is 0 Å². The van der Waals surface area contributed by atoms with Crippen LogP contribution >= 0.6 is 23.3 Å². The van der Waals surface area contributed by atoms with Crippen LogP contribution in [0.15, 0.2) is 28.6 Å². The Kier molecular flexibility index (Phi) is 9.29. The number of nitrogens with zero attached hydrogens (tertiary/aromatic N) is 2. The van der Waals surface area contributed by atoms with E-state index >= 15 is 0 Å². The molecule has 2 atom stereocenters. The van der Waals surface area contributed by atoms with Gasteiger partial charge in [-0.15, -0.1) is 11.3 Å². The van der Waals surface area contributed by atoms with Crippen molar-refractivity contribution in [1.29, 1.82) is 0 Å². The number of rotatable bonds is 12. The van der Waals surface area contributed by atoms with Crippen LogP contribution in [0, 0.1) is 11.8 Å². The molecule has 0 aliphatic carbocycles. The van der Waals surface area contributed by atoms with Crippen molar-refractivity contribution >= 4 is 33.5 Å². The van der Waals surface area contributed by atoms with Crippen molar-refractivity contribution in [2.24, 2.45) is 11.8 Å². The van der Waals surface area contributed by atoms with Crippen LogP contribution in [0.25, 0.3) is 10.2 Å². The summed E-state index contributed by atoms with van der Waals surface area (Å²) in [4.78, 5) is 4.83. The van der Waals surface area contributed by atoms with E-state index in [4.69, 9.17) is 4.98 Å². The van der Waals surface area contributed by atoms with Crippen LogP contribution < -0.4 is 0 Å². The molecule has 0 aliphatic rings. The molecule has 0 saturated heterocycles. The van der Waals surface area contributed by atoms with Crippen LogP contribution in [-0.4, -0.2) is 22.4 Å². The summed E-state index contributed by atoms with van der Waals surface area (Å²) in [6.07, 6.45) is 7.93. The molecule has 2 nitrogen and oxygen atoms in total. The van der Waals surface area contributed by atoms with Gasteiger partial charge in [0.05, 0.1) is 10.2 Å². The lowest BCUT2D eigenvalue weighted by molar-refractivity contribution is 0.318. The molecule has 25 heavy (non-hydrogen) atoms. The molecule has 2 rings (SSSR count). The third-order valence-corrected chi connectivity index (χ3v) is 6.72. The van der Waals surface area contributed by atoms with E-state index in [1.54, 1.807) is 0 Å². The molecule has 1 heterocycles. The zero-order chi connectivity index (χ0) is 18.1. The van der Waals surface area contributed by atoms with Crippen molar-refractivity contribution < 1.29 is 0 Å². The van der Waals surface area contributed by atoms with E-state index in [1.807, 2.05) is 23.3 Å². The van der Waals surface area contributed by atoms with E-state index in [9.17, 15) is 0 Å². The Labute approximate surface area is 162 Å². The van der Waals surface area contributed by atoms with Gasteiger partial charge in [0.2, 0.25) is 0 Å². The van der Waals surface area contributed by atoms with Crippen LogP contribution in [-0.2, 0) is 0 Å². The summed E-state index contributed by atoms with van der Waals surface area (Å²) in [5.74, 6) is 1.50. The maximum Gasteiger partial charge on any atom is 0.166 e. The smallest absolute Gasteiger partial charge is 0.166 e. The van der Waals surface area contributed by atoms with Crippen molar-refractivity contribution in [2.45, 2.75) is 70.6 Å². The molecule has 0 saturated carbocycles. The SMILES string of the molecule is CCCCC(C)CN(CC(C)CCCC)Sc1nc2ccccc2s1. The quantitative estimate of drug-likeness (QED) is 0.362. The van der Waals surface area contributed by atoms with Gasteiger partial charge in [0.1, 0.15) is 0 Å². The molecule has 0 bridgehead atoms. The van der Waals surface area contributed by atoms with E-state index in [1.165, 1.54) is 47.6 Å². The zero-order valence-electron chi connectivity index (χ0n) is 16.3. The number of hydrogen-bond acceptors (Lipinski definition) is 4. The van der Waals surface area contributed by atoms with Gasteiger partial charge in [-0.05, 0) is 48.8 Å². The monoisotopic (exact) mass is 378 g/mol. The maximum atomic E-state index is 4.83. The fourth-order valence-electron chi connectivity index (χ4n) is 3.13. The Morgan fingerprint density at radius 1 is 1.00 bits per heavy atom. The Morgan fingerprint density at radius 3 is 2.16 bits per heavy atom. The molecule has 0 N–H and O–H groups in total. The predicted octanol–water partition coefficient (Wildman–Crippen LogP) is 7.26. The number of hydrogen-bond donors (Lipinski definition) is 0. The number of para-hydroxylation sites is 1. The molecule has 0 fully saturated rings. The van der Waals surface area contributed by atoms with Crippen LogP contribution in [0.1, 0.15) is 66.2 Å². The van der Waals surface area contributed by atoms with Gasteiger partial charge in [0.25, 0.3) is 0 Å². The highest BCUT2D eigenvalue weighted by Gasteiger charge is 2.17. The fraction of sp³-hybridized carbons (Fsp3) is 0.667. The van der Waals surface area contributed by atoms with Crippen LogP contribution in [0.5, 0.6) is 0 Å². The molecular weight excluding hydrogens is 344 g/mol. The number of unbranched alkanes of at least 4 members (excludes halogenated alkanes) is 2. The molecular formula is C21H34N2S2. The van der Waals surface area contributed by atoms with Gasteiger partial charge in [-0.1, -0.05) is 65.5 Å². The first-order valence-corrected chi connectivity index (χ1v) is 11.5. The molecule has 4 heteroatoms. The standard InChI is InChI=1S/C21H34N2S2/c1-5-7-11-17(3)15-23(16-18(4)12-8-6-2)25-21-22-19-13-9-10-14-20(19)24-21/h9-10,13-14,17-18H,5-8,11-12,15-16H2,1-4H3. The van der Waals surface area contributed by atoms with E-state index in [0.717, 1.165) is 30.4 Å². The molecule has 0 aliphatic heterocycles. The summed E-state index contributed by atoms with van der Waals surface area (Å²) in [6.45, 7) is 11.7. The Hall–Kier alpha value is -0.580. The summed E-state index contributed by atoms with van der Waals surface area (Å²) in [5, 5.41) is 0. The molecule has 1 aromatic heterocycles. The van der Waals surface area contributed by atoms with Gasteiger partial charge in [-0.3, -0.25) is 0 Å². The van der Waals surface area contributed by atoms with Crippen molar-refractivity contribution in [1.82, 2.24) is 9.29 Å². The van der Waals surface area contributed by atoms with Crippen molar-refractivity contribution in [2.75, 3.05) is 13.1 Å². The minimum atomic E-state index is 0.750. The highest BCUT2D eigenvalue weighted by molar-refractivity contribution is 7.98. The second-order valence-electron chi connectivity index (χ2n) is 7.38. The van der Waals surface area contributed by atoms with Gasteiger partial charge < -0.3 is 0 Å². The minimum Gasteiger partial charge on any atom is -0.244 e. The Bertz CT molecular complexity index is 562. The highest BCUT2D eigenvalue weighted by Crippen LogP contribution is 2.33. The largest absolute Gasteiger partial charge is 0.244 e. The number of aromatic nitrogens is 1. The maximum absolute atomic E-state index is 4.83. The first-order valence-electron chi connectivity index (χ1n) is 9.90. The summed E-state index contributed by atoms with van der Waals surface area (Å²) >= 11 is 3.70. The fourth-order valence-corrected chi connectivity index (χ4v) is 5.58. The first kappa shape index (κ1) is 20.7. The van der Waals surface area contributed by atoms with Crippen molar-refractivity contribution in [3.05, 3.63) is 24.3 Å². The highest BCUT2D eigenvalue weighted by atomic mass is 32.2. The summed E-state index contributed by atoms with van der Waals surface area (Å²) in [7, 11) is 0. The lowest BCUT2D eigenvalue weighted by Crippen LogP contribution is -2.27. The first-order chi connectivity index (χ1) is 12.1. The van der Waals surface area contributed by atoms with Crippen LogP contribution in [0.2, 0.25) is 0 Å². The third-order valence-electron chi connectivity index (χ3n) is 4.61. The lowest BCUT2D eigenvalue weighted by atomic mass is 10.0. The van der Waals surface area contributed by atoms with E-state index in [0.29, 0.717) is 0 Å². The van der Waals surface area contributed by atoms with Gasteiger partial charge in [-0.25, -0.2) is 9.29 Å². The van der Waals surface area contributed by atoms with Gasteiger partial charge in [0, 0.05) is 13.1 Å². The molecule has 140 valence electrons. The third kappa shape index (κ3) is 7.28. The second-order valence-corrected chi connectivity index (χ2v) is 9.76. The van der Waals surface area contributed by atoms with Crippen LogP contribution in [0.3, 0.4) is 0 Å². The average Bonchev–Trinajstić information content (AvgIpc) is 3.00. The lowest BCUT2D eigenvalue weighted by Gasteiger charge is -2.26. The topological polar surface area (TPSA) is 16.1 Å². The molecule has 2 unspecified atom stereocenters. The number of thiazole rings is 1. The summed E-state index contributed by atoms with van der Waals surface area (Å²) < 4.78 is 5.06. The molecule has 0 radical (unpaired) electrons. The Morgan fingerprint density at radius 2 is 1.60 bits per heavy atom. The van der Waals surface area contributed by atoms with Crippen LogP contribution in [0.4, 0.5) is 0 Å². The molecule has 0 amide bonds. The second kappa shape index (κ2) is 11.2. The van der Waals surface area contributed by atoms with Gasteiger partial charge >= 0.3 is 0 Å². The van der Waals surface area contributed by atoms with Gasteiger partial charge in [-0.2, -0.15) is 0 Å². The van der Waals surface area contributed by atoms with Crippen molar-refractivity contribution in [3.63, 3.8) is 0 Å². The average molecular weight is 379 g/mol. The molecule has 1 aromatic carbocycles. The molecule has 2 aromatic rings. The van der Waals surface area contributed by atoms with Gasteiger partial charge in [0.15, 0.2) is 4.34 Å². The normalized spacial score (nSPS) is 14.3. The molecule has 0 spiro atoms.